The van der Waals surface area contributed by atoms with Crippen LogP contribution >= 0.6 is 11.6 Å². The molecule has 4 rings (SSSR count). The van der Waals surface area contributed by atoms with Gasteiger partial charge in [0, 0.05) is 35.3 Å². The summed E-state index contributed by atoms with van der Waals surface area (Å²) >= 11 is 6.37. The van der Waals surface area contributed by atoms with E-state index in [0.717, 1.165) is 48.2 Å². The number of nitrogens with one attached hydrogen (secondary N) is 3. The fourth-order valence-electron chi connectivity index (χ4n) is 5.83. The molecule has 3 N–H and O–H groups in total. The van der Waals surface area contributed by atoms with Gasteiger partial charge in [0.15, 0.2) is 0 Å². The minimum atomic E-state index is -0.517. The molecular formula is C31H42ClN3O5. The molecule has 2 aromatic carbocycles. The SMILES string of the molecule is CNCC(CC1CCCCC1)NC(=O)c1cc2c(c(C(OCCNC(=O)OC)c3cccc(Cl)c3)c1)CCCO2. The van der Waals surface area contributed by atoms with Gasteiger partial charge in [-0.25, -0.2) is 4.79 Å². The van der Waals surface area contributed by atoms with Gasteiger partial charge < -0.3 is 30.2 Å². The van der Waals surface area contributed by atoms with E-state index >= 15 is 0 Å². The number of likely N-dealkylation sites (N-methyl/N-ethyl adjacent to an activating group) is 1. The van der Waals surface area contributed by atoms with Gasteiger partial charge in [-0.1, -0.05) is 55.8 Å². The highest BCUT2D eigenvalue weighted by molar-refractivity contribution is 6.30. The van der Waals surface area contributed by atoms with Crippen LogP contribution in [0.5, 0.6) is 5.75 Å². The standard InChI is InChI=1S/C31H42ClN3O5/c1-33-20-25(16-21-8-4-3-5-9-21)35-30(36)23-18-27(26-12-7-14-39-28(26)19-23)29(22-10-6-11-24(32)17-22)40-15-13-34-31(37)38-2/h6,10-11,17-19,21,25,29,33H,3-5,7-9,12-16,20H2,1-2H3,(H,34,37)(H,35,36). The summed E-state index contributed by atoms with van der Waals surface area (Å²) in [6.45, 7) is 1.84. The van der Waals surface area contributed by atoms with Gasteiger partial charge in [0.2, 0.25) is 0 Å². The largest absolute Gasteiger partial charge is 0.493 e. The van der Waals surface area contributed by atoms with Crippen molar-refractivity contribution in [2.45, 2.75) is 63.5 Å². The molecule has 40 heavy (non-hydrogen) atoms. The quantitative estimate of drug-likeness (QED) is 0.295. The highest BCUT2D eigenvalue weighted by Gasteiger charge is 2.27. The Labute approximate surface area is 242 Å². The maximum absolute atomic E-state index is 13.7. The summed E-state index contributed by atoms with van der Waals surface area (Å²) in [7, 11) is 3.25. The number of halogens is 1. The predicted molar refractivity (Wildman–Crippen MR) is 156 cm³/mol. The highest BCUT2D eigenvalue weighted by Crippen LogP contribution is 2.38. The molecule has 2 amide bonds. The van der Waals surface area contributed by atoms with Crippen LogP contribution in [0.3, 0.4) is 0 Å². The first-order valence-corrected chi connectivity index (χ1v) is 14.8. The van der Waals surface area contributed by atoms with Crippen LogP contribution < -0.4 is 20.7 Å². The van der Waals surface area contributed by atoms with Gasteiger partial charge in [-0.05, 0) is 67.6 Å². The maximum atomic E-state index is 13.7. The molecule has 2 aliphatic rings. The van der Waals surface area contributed by atoms with Crippen LogP contribution in [0.1, 0.15) is 78.1 Å². The minimum Gasteiger partial charge on any atom is -0.493 e. The Balaban J connectivity index is 1.61. The number of benzene rings is 2. The van der Waals surface area contributed by atoms with Gasteiger partial charge in [-0.3, -0.25) is 4.79 Å². The summed E-state index contributed by atoms with van der Waals surface area (Å²) in [5.74, 6) is 1.25. The van der Waals surface area contributed by atoms with Gasteiger partial charge in [0.25, 0.3) is 5.91 Å². The Hall–Kier alpha value is -2.81. The van der Waals surface area contributed by atoms with Crippen molar-refractivity contribution in [2.24, 2.45) is 5.92 Å². The topological polar surface area (TPSA) is 97.9 Å². The lowest BCUT2D eigenvalue weighted by Gasteiger charge is -2.29. The monoisotopic (exact) mass is 571 g/mol. The van der Waals surface area contributed by atoms with E-state index in [1.165, 1.54) is 39.2 Å². The number of ether oxygens (including phenoxy) is 3. The first-order chi connectivity index (χ1) is 19.5. The molecule has 8 nitrogen and oxygen atoms in total. The summed E-state index contributed by atoms with van der Waals surface area (Å²) in [6, 6.07) is 11.4. The predicted octanol–water partition coefficient (Wildman–Crippen LogP) is 5.42. The summed E-state index contributed by atoms with van der Waals surface area (Å²) < 4.78 is 17.1. The molecule has 218 valence electrons. The molecule has 0 spiro atoms. The summed E-state index contributed by atoms with van der Waals surface area (Å²) in [5.41, 5.74) is 3.31. The fraction of sp³-hybridized carbons (Fsp3) is 0.548. The molecule has 0 saturated heterocycles. The van der Waals surface area contributed by atoms with Crippen LogP contribution in [0, 0.1) is 5.92 Å². The molecule has 9 heteroatoms. The van der Waals surface area contributed by atoms with Crippen molar-refractivity contribution in [3.63, 3.8) is 0 Å². The molecule has 2 atom stereocenters. The van der Waals surface area contributed by atoms with Crippen molar-refractivity contribution in [1.82, 2.24) is 16.0 Å². The second kappa shape index (κ2) is 15.3. The van der Waals surface area contributed by atoms with E-state index in [-0.39, 0.29) is 25.1 Å². The maximum Gasteiger partial charge on any atom is 0.406 e. The molecule has 2 aromatic rings. The normalized spacial score (nSPS) is 16.8. The van der Waals surface area contributed by atoms with Crippen molar-refractivity contribution in [3.8, 4) is 5.75 Å². The number of alkyl carbamates (subject to hydrolysis) is 1. The molecular weight excluding hydrogens is 530 g/mol. The van der Waals surface area contributed by atoms with Crippen LogP contribution in [-0.4, -0.2) is 58.5 Å². The van der Waals surface area contributed by atoms with Gasteiger partial charge in [0.05, 0.1) is 20.3 Å². The molecule has 0 radical (unpaired) electrons. The zero-order valence-electron chi connectivity index (χ0n) is 23.6. The molecule has 1 saturated carbocycles. The summed E-state index contributed by atoms with van der Waals surface area (Å²) in [4.78, 5) is 25.2. The van der Waals surface area contributed by atoms with Crippen LogP contribution in [0.25, 0.3) is 0 Å². The zero-order chi connectivity index (χ0) is 28.3. The lowest BCUT2D eigenvalue weighted by atomic mass is 9.84. The third kappa shape index (κ3) is 8.35. The average Bonchev–Trinajstić information content (AvgIpc) is 2.97. The smallest absolute Gasteiger partial charge is 0.406 e. The molecule has 0 bridgehead atoms. The Bertz CT molecular complexity index is 1140. The number of amides is 2. The number of hydrogen-bond acceptors (Lipinski definition) is 6. The van der Waals surface area contributed by atoms with Crippen LogP contribution in [0.4, 0.5) is 4.79 Å². The number of carbonyl (C=O) groups excluding carboxylic acids is 2. The third-order valence-electron chi connectivity index (χ3n) is 7.74. The van der Waals surface area contributed by atoms with E-state index < -0.39 is 12.2 Å². The molecule has 1 aliphatic heterocycles. The lowest BCUT2D eigenvalue weighted by Crippen LogP contribution is -2.42. The zero-order valence-corrected chi connectivity index (χ0v) is 24.4. The highest BCUT2D eigenvalue weighted by atomic mass is 35.5. The first kappa shape index (κ1) is 30.2. The Morgan fingerprint density at radius 1 is 1.12 bits per heavy atom. The molecule has 1 aliphatic carbocycles. The van der Waals surface area contributed by atoms with Gasteiger partial charge in [-0.2, -0.15) is 0 Å². The van der Waals surface area contributed by atoms with E-state index in [1.54, 1.807) is 0 Å². The fourth-order valence-corrected chi connectivity index (χ4v) is 6.03. The minimum absolute atomic E-state index is 0.0466. The third-order valence-corrected chi connectivity index (χ3v) is 7.97. The summed E-state index contributed by atoms with van der Waals surface area (Å²) in [5, 5.41) is 9.79. The first-order valence-electron chi connectivity index (χ1n) is 14.4. The van der Waals surface area contributed by atoms with Gasteiger partial charge in [0.1, 0.15) is 11.9 Å². The van der Waals surface area contributed by atoms with Crippen LogP contribution in [0.2, 0.25) is 5.02 Å². The van der Waals surface area contributed by atoms with E-state index in [2.05, 4.69) is 20.7 Å². The number of carbonyl (C=O) groups is 2. The second-order valence-electron chi connectivity index (χ2n) is 10.7. The van der Waals surface area contributed by atoms with Crippen LogP contribution in [-0.2, 0) is 15.9 Å². The lowest BCUT2D eigenvalue weighted by molar-refractivity contribution is 0.0792. The number of fused-ring (bicyclic) bond motifs is 1. The molecule has 1 fully saturated rings. The van der Waals surface area contributed by atoms with E-state index in [1.807, 2.05) is 43.4 Å². The van der Waals surface area contributed by atoms with Gasteiger partial charge in [-0.15, -0.1) is 0 Å². The second-order valence-corrected chi connectivity index (χ2v) is 11.1. The molecule has 2 unspecified atom stereocenters. The van der Waals surface area contributed by atoms with Gasteiger partial charge >= 0.3 is 6.09 Å². The molecule has 1 heterocycles. The van der Waals surface area contributed by atoms with E-state index in [4.69, 9.17) is 21.1 Å². The number of rotatable bonds is 12. The Kier molecular flexibility index (Phi) is 11.5. The van der Waals surface area contributed by atoms with Crippen LogP contribution in [0.15, 0.2) is 36.4 Å². The van der Waals surface area contributed by atoms with Crippen molar-refractivity contribution in [2.75, 3.05) is 40.5 Å². The van der Waals surface area contributed by atoms with E-state index in [9.17, 15) is 9.59 Å². The average molecular weight is 572 g/mol. The van der Waals surface area contributed by atoms with Crippen molar-refractivity contribution < 1.29 is 23.8 Å². The molecule has 0 aromatic heterocycles. The Morgan fingerprint density at radius 3 is 2.70 bits per heavy atom. The van der Waals surface area contributed by atoms with Crippen molar-refractivity contribution in [3.05, 3.63) is 63.7 Å². The van der Waals surface area contributed by atoms with Crippen molar-refractivity contribution in [1.29, 1.82) is 0 Å². The number of hydrogen-bond donors (Lipinski definition) is 3. The number of methoxy groups -OCH3 is 1. The van der Waals surface area contributed by atoms with E-state index in [0.29, 0.717) is 23.1 Å². The van der Waals surface area contributed by atoms with Crippen molar-refractivity contribution >= 4 is 23.6 Å². The summed E-state index contributed by atoms with van der Waals surface area (Å²) in [6.07, 6.45) is 7.97. The Morgan fingerprint density at radius 2 is 1.95 bits per heavy atom.